The number of aromatic nitrogens is 1. The highest BCUT2D eigenvalue weighted by Gasteiger charge is 2.48. The second kappa shape index (κ2) is 8.85. The molecule has 6 nitrogen and oxygen atoms in total. The minimum Gasteiger partial charge on any atom is -0.507 e. The fourth-order valence-corrected chi connectivity index (χ4v) is 3.58. The Kier molecular flexibility index (Phi) is 5.81. The van der Waals surface area contributed by atoms with Crippen LogP contribution in [0, 0.1) is 5.82 Å². The van der Waals surface area contributed by atoms with Crippen molar-refractivity contribution in [2.75, 3.05) is 11.5 Å². The third-order valence-corrected chi connectivity index (χ3v) is 5.04. The number of nitrogens with zero attached hydrogens (tertiary/aromatic N) is 2. The van der Waals surface area contributed by atoms with Gasteiger partial charge in [0.1, 0.15) is 29.8 Å². The van der Waals surface area contributed by atoms with Crippen LogP contribution in [0.1, 0.15) is 17.2 Å². The zero-order valence-electron chi connectivity index (χ0n) is 16.9. The first-order valence-corrected chi connectivity index (χ1v) is 9.83. The van der Waals surface area contributed by atoms with Crippen molar-refractivity contribution in [3.05, 3.63) is 108 Å². The predicted octanol–water partition coefficient (Wildman–Crippen LogP) is 4.41. The maximum absolute atomic E-state index is 14.8. The van der Waals surface area contributed by atoms with Gasteiger partial charge < -0.3 is 9.84 Å². The van der Waals surface area contributed by atoms with Gasteiger partial charge in [-0.05, 0) is 42.5 Å². The van der Waals surface area contributed by atoms with Gasteiger partial charge in [-0.15, -0.1) is 0 Å². The van der Waals surface area contributed by atoms with Crippen LogP contribution in [0.2, 0.25) is 0 Å². The summed E-state index contributed by atoms with van der Waals surface area (Å²) >= 11 is 0. The van der Waals surface area contributed by atoms with Crippen LogP contribution in [0.5, 0.6) is 5.75 Å². The maximum atomic E-state index is 14.8. The molecule has 0 spiro atoms. The lowest BCUT2D eigenvalue weighted by molar-refractivity contribution is -0.132. The van der Waals surface area contributed by atoms with Crippen molar-refractivity contribution in [2.24, 2.45) is 0 Å². The number of aliphatic hydroxyl groups is 1. The smallest absolute Gasteiger partial charge is 0.301 e. The molecule has 1 saturated heterocycles. The fraction of sp³-hybridized carbons (Fsp3) is 0.0800. The van der Waals surface area contributed by atoms with E-state index in [9.17, 15) is 19.1 Å². The number of carbonyl (C=O) groups is 2. The van der Waals surface area contributed by atoms with Crippen molar-refractivity contribution < 1.29 is 23.8 Å². The first kappa shape index (κ1) is 21.0. The Morgan fingerprint density at radius 2 is 1.81 bits per heavy atom. The molecule has 0 bridgehead atoms. The second-order valence-corrected chi connectivity index (χ2v) is 7.00. The highest BCUT2D eigenvalue weighted by molar-refractivity contribution is 6.51. The van der Waals surface area contributed by atoms with Gasteiger partial charge in [0, 0.05) is 17.3 Å². The van der Waals surface area contributed by atoms with Gasteiger partial charge in [0.05, 0.1) is 11.6 Å². The highest BCUT2D eigenvalue weighted by Crippen LogP contribution is 2.42. The van der Waals surface area contributed by atoms with Crippen LogP contribution in [-0.2, 0) is 9.59 Å². The summed E-state index contributed by atoms with van der Waals surface area (Å²) in [7, 11) is 0. The molecule has 160 valence electrons. The Morgan fingerprint density at radius 1 is 1.09 bits per heavy atom. The molecule has 2 aromatic carbocycles. The van der Waals surface area contributed by atoms with Gasteiger partial charge in [0.15, 0.2) is 0 Å². The van der Waals surface area contributed by atoms with E-state index in [1.807, 2.05) is 0 Å². The summed E-state index contributed by atoms with van der Waals surface area (Å²) in [5.74, 6) is -2.13. The number of benzene rings is 2. The van der Waals surface area contributed by atoms with Gasteiger partial charge in [0.2, 0.25) is 0 Å². The summed E-state index contributed by atoms with van der Waals surface area (Å²) in [5.41, 5.74) is 0.145. The lowest BCUT2D eigenvalue weighted by Crippen LogP contribution is -2.30. The number of Topliss-reactive ketones (excluding diaryl/α,β-unsaturated/α-hetero) is 1. The lowest BCUT2D eigenvalue weighted by Gasteiger charge is -2.24. The molecular formula is C25H19FN2O4. The summed E-state index contributed by atoms with van der Waals surface area (Å²) < 4.78 is 20.2. The SMILES string of the molecule is C=CCOc1ccc(/C(O)=C2\C(=O)C(=O)N(c3ccccn3)C2c2ccccc2F)cc1. The van der Waals surface area contributed by atoms with Gasteiger partial charge in [-0.25, -0.2) is 9.37 Å². The zero-order chi connectivity index (χ0) is 22.7. The van der Waals surface area contributed by atoms with Crippen LogP contribution in [0.4, 0.5) is 10.2 Å². The van der Waals surface area contributed by atoms with Gasteiger partial charge in [-0.3, -0.25) is 14.5 Å². The van der Waals surface area contributed by atoms with E-state index >= 15 is 0 Å². The van der Waals surface area contributed by atoms with Crippen molar-refractivity contribution in [3.8, 4) is 5.75 Å². The van der Waals surface area contributed by atoms with E-state index in [4.69, 9.17) is 4.74 Å². The minimum atomic E-state index is -1.18. The second-order valence-electron chi connectivity index (χ2n) is 7.00. The molecule has 1 N–H and O–H groups in total. The quantitative estimate of drug-likeness (QED) is 0.271. The Morgan fingerprint density at radius 3 is 2.47 bits per heavy atom. The van der Waals surface area contributed by atoms with Crippen molar-refractivity contribution in [1.29, 1.82) is 0 Å². The molecule has 2 heterocycles. The summed E-state index contributed by atoms with van der Waals surface area (Å²) in [6, 6.07) is 15.8. The number of hydrogen-bond donors (Lipinski definition) is 1. The van der Waals surface area contributed by atoms with Crippen molar-refractivity contribution in [3.63, 3.8) is 0 Å². The molecule has 3 aromatic rings. The number of ether oxygens (including phenoxy) is 1. The van der Waals surface area contributed by atoms with E-state index in [0.29, 0.717) is 12.4 Å². The molecular weight excluding hydrogens is 411 g/mol. The standard InChI is InChI=1S/C25H19FN2O4/c1-2-15-32-17-12-10-16(11-13-17)23(29)21-22(18-7-3-4-8-19(18)26)28(25(31)24(21)30)20-9-5-6-14-27-20/h2-14,22,29H,1,15H2/b23-21+. The molecule has 1 fully saturated rings. The van der Waals surface area contributed by atoms with Crippen LogP contribution in [0.15, 0.2) is 91.2 Å². The zero-order valence-corrected chi connectivity index (χ0v) is 16.9. The van der Waals surface area contributed by atoms with Crippen molar-refractivity contribution in [2.45, 2.75) is 6.04 Å². The van der Waals surface area contributed by atoms with Gasteiger partial charge in [-0.1, -0.05) is 36.9 Å². The first-order valence-electron chi connectivity index (χ1n) is 9.83. The van der Waals surface area contributed by atoms with Crippen molar-refractivity contribution >= 4 is 23.3 Å². The van der Waals surface area contributed by atoms with Crippen LogP contribution >= 0.6 is 0 Å². The average molecular weight is 430 g/mol. The highest BCUT2D eigenvalue weighted by atomic mass is 19.1. The molecule has 1 unspecified atom stereocenters. The summed E-state index contributed by atoms with van der Waals surface area (Å²) in [6.45, 7) is 3.90. The summed E-state index contributed by atoms with van der Waals surface area (Å²) in [5, 5.41) is 11.0. The maximum Gasteiger partial charge on any atom is 0.301 e. The Labute approximate surface area is 183 Å². The Hall–Kier alpha value is -4.26. The number of halogens is 1. The lowest BCUT2D eigenvalue weighted by atomic mass is 9.95. The Balaban J connectivity index is 1.87. The van der Waals surface area contributed by atoms with E-state index in [-0.39, 0.29) is 22.5 Å². The van der Waals surface area contributed by atoms with Crippen LogP contribution in [0.25, 0.3) is 5.76 Å². The first-order chi connectivity index (χ1) is 15.5. The molecule has 1 aliphatic rings. The number of amides is 1. The van der Waals surface area contributed by atoms with E-state index in [1.54, 1.807) is 54.6 Å². The molecule has 0 saturated carbocycles. The predicted molar refractivity (Wildman–Crippen MR) is 118 cm³/mol. The van der Waals surface area contributed by atoms with E-state index < -0.39 is 29.3 Å². The molecule has 1 aromatic heterocycles. The average Bonchev–Trinajstić information content (AvgIpc) is 3.08. The normalized spacial score (nSPS) is 17.4. The van der Waals surface area contributed by atoms with E-state index in [2.05, 4.69) is 11.6 Å². The van der Waals surface area contributed by atoms with Crippen molar-refractivity contribution in [1.82, 2.24) is 4.98 Å². The van der Waals surface area contributed by atoms with E-state index in [0.717, 1.165) is 4.90 Å². The van der Waals surface area contributed by atoms with Gasteiger partial charge >= 0.3 is 5.91 Å². The number of ketones is 1. The molecule has 7 heteroatoms. The number of rotatable bonds is 6. The van der Waals surface area contributed by atoms with E-state index in [1.165, 1.54) is 24.4 Å². The topological polar surface area (TPSA) is 79.7 Å². The third-order valence-electron chi connectivity index (χ3n) is 5.04. The molecule has 0 radical (unpaired) electrons. The number of pyridine rings is 1. The van der Waals surface area contributed by atoms with Gasteiger partial charge in [0.25, 0.3) is 5.78 Å². The summed E-state index contributed by atoms with van der Waals surface area (Å²) in [6.07, 6.45) is 3.07. The van der Waals surface area contributed by atoms with Crippen LogP contribution in [-0.4, -0.2) is 28.4 Å². The Bertz CT molecular complexity index is 1210. The molecule has 4 rings (SSSR count). The number of carbonyl (C=O) groups excluding carboxylic acids is 2. The van der Waals surface area contributed by atoms with Gasteiger partial charge in [-0.2, -0.15) is 0 Å². The summed E-state index contributed by atoms with van der Waals surface area (Å²) in [4.78, 5) is 31.2. The fourth-order valence-electron chi connectivity index (χ4n) is 3.58. The molecule has 0 aliphatic carbocycles. The monoisotopic (exact) mass is 430 g/mol. The third kappa shape index (κ3) is 3.76. The number of anilines is 1. The minimum absolute atomic E-state index is 0.0739. The largest absolute Gasteiger partial charge is 0.507 e. The van der Waals surface area contributed by atoms with Crippen LogP contribution in [0.3, 0.4) is 0 Å². The number of aliphatic hydroxyl groups excluding tert-OH is 1. The molecule has 1 aliphatic heterocycles. The van der Waals surface area contributed by atoms with Crippen LogP contribution < -0.4 is 9.64 Å². The molecule has 32 heavy (non-hydrogen) atoms. The number of hydrogen-bond acceptors (Lipinski definition) is 5. The molecule has 1 atom stereocenters. The molecule has 1 amide bonds.